The molecule has 1 N–H and O–H groups in total. The number of aryl methyl sites for hydroxylation is 1. The summed E-state index contributed by atoms with van der Waals surface area (Å²) in [4.78, 5) is 18.1. The standard InChI is InChI=1S/C27H33FN6O/c1-17(2)34-13-14-35-24-7-5-20(15-23(24)34)26-22(28)16-29-27(32-26)31-25-8-6-21(18(3)30-25)19-9-11-33(4)12-10-19/h5-8,15-17,19H,9-14H2,1-4H3,(H,29,30,31,32). The van der Waals surface area contributed by atoms with Crippen LogP contribution in [0.1, 0.15) is 43.9 Å². The lowest BCUT2D eigenvalue weighted by molar-refractivity contribution is 0.255. The maximum absolute atomic E-state index is 14.8. The summed E-state index contributed by atoms with van der Waals surface area (Å²) < 4.78 is 20.6. The third-order valence-electron chi connectivity index (χ3n) is 7.02. The number of piperidine rings is 1. The Morgan fingerprint density at radius 2 is 1.89 bits per heavy atom. The summed E-state index contributed by atoms with van der Waals surface area (Å²) in [5, 5.41) is 3.17. The van der Waals surface area contributed by atoms with E-state index in [1.54, 1.807) is 0 Å². The normalized spacial score (nSPS) is 16.8. The quantitative estimate of drug-likeness (QED) is 0.547. The Hall–Kier alpha value is -3.26. The van der Waals surface area contributed by atoms with Gasteiger partial charge in [0.15, 0.2) is 5.82 Å². The Labute approximate surface area is 206 Å². The Morgan fingerprint density at radius 1 is 1.09 bits per heavy atom. The predicted octanol–water partition coefficient (Wildman–Crippen LogP) is 5.15. The van der Waals surface area contributed by atoms with Crippen molar-refractivity contribution in [1.82, 2.24) is 19.9 Å². The van der Waals surface area contributed by atoms with E-state index in [-0.39, 0.29) is 5.69 Å². The average Bonchev–Trinajstić information content (AvgIpc) is 2.85. The first kappa shape index (κ1) is 23.5. The number of benzene rings is 1. The molecular formula is C27H33FN6O. The van der Waals surface area contributed by atoms with Crippen LogP contribution >= 0.6 is 0 Å². The van der Waals surface area contributed by atoms with E-state index in [4.69, 9.17) is 9.72 Å². The minimum Gasteiger partial charge on any atom is -0.490 e. The monoisotopic (exact) mass is 476 g/mol. The topological polar surface area (TPSA) is 66.4 Å². The van der Waals surface area contributed by atoms with Crippen LogP contribution in [0.4, 0.5) is 21.8 Å². The van der Waals surface area contributed by atoms with Crippen LogP contribution < -0.4 is 15.0 Å². The van der Waals surface area contributed by atoms with E-state index in [2.05, 4.69) is 52.0 Å². The summed E-state index contributed by atoms with van der Waals surface area (Å²) in [5.74, 6) is 1.85. The van der Waals surface area contributed by atoms with Crippen molar-refractivity contribution in [2.75, 3.05) is 43.5 Å². The molecule has 1 aromatic carbocycles. The highest BCUT2D eigenvalue weighted by atomic mass is 19.1. The molecular weight excluding hydrogens is 443 g/mol. The summed E-state index contributed by atoms with van der Waals surface area (Å²) in [6.45, 7) is 9.99. The number of fused-ring (bicyclic) bond motifs is 1. The first-order chi connectivity index (χ1) is 16.9. The highest BCUT2D eigenvalue weighted by Crippen LogP contribution is 2.37. The van der Waals surface area contributed by atoms with Crippen LogP contribution in [-0.2, 0) is 0 Å². The molecule has 7 nitrogen and oxygen atoms in total. The predicted molar refractivity (Wildman–Crippen MR) is 137 cm³/mol. The second-order valence-corrected chi connectivity index (χ2v) is 9.78. The van der Waals surface area contributed by atoms with Gasteiger partial charge in [-0.15, -0.1) is 0 Å². The number of anilines is 3. The molecule has 0 radical (unpaired) electrons. The Balaban J connectivity index is 1.39. The van der Waals surface area contributed by atoms with E-state index >= 15 is 0 Å². The molecule has 4 heterocycles. The summed E-state index contributed by atoms with van der Waals surface area (Å²) >= 11 is 0. The molecule has 0 saturated carbocycles. The molecule has 1 fully saturated rings. The van der Waals surface area contributed by atoms with Crippen molar-refractivity contribution in [3.05, 3.63) is 53.6 Å². The summed E-state index contributed by atoms with van der Waals surface area (Å²) in [6, 6.07) is 10.1. The van der Waals surface area contributed by atoms with Crippen molar-refractivity contribution in [2.24, 2.45) is 0 Å². The zero-order chi connectivity index (χ0) is 24.5. The molecule has 2 aromatic heterocycles. The summed E-state index contributed by atoms with van der Waals surface area (Å²) in [6.07, 6.45) is 3.51. The Morgan fingerprint density at radius 3 is 2.63 bits per heavy atom. The molecule has 8 heteroatoms. The van der Waals surface area contributed by atoms with Gasteiger partial charge >= 0.3 is 0 Å². The average molecular weight is 477 g/mol. The van der Waals surface area contributed by atoms with Gasteiger partial charge in [0, 0.05) is 17.3 Å². The van der Waals surface area contributed by atoms with Gasteiger partial charge < -0.3 is 19.9 Å². The smallest absolute Gasteiger partial charge is 0.229 e. The van der Waals surface area contributed by atoms with Crippen LogP contribution in [0.25, 0.3) is 11.3 Å². The van der Waals surface area contributed by atoms with E-state index in [9.17, 15) is 4.39 Å². The molecule has 0 amide bonds. The molecule has 0 spiro atoms. The number of hydrogen-bond donors (Lipinski definition) is 1. The van der Waals surface area contributed by atoms with Gasteiger partial charge in [-0.05, 0) is 89.5 Å². The molecule has 0 bridgehead atoms. The van der Waals surface area contributed by atoms with Crippen LogP contribution in [0, 0.1) is 12.7 Å². The molecule has 184 valence electrons. The number of nitrogens with one attached hydrogen (secondary N) is 1. The number of pyridine rings is 1. The first-order valence-corrected chi connectivity index (χ1v) is 12.4. The van der Waals surface area contributed by atoms with Gasteiger partial charge in [0.2, 0.25) is 5.95 Å². The number of hydrogen-bond acceptors (Lipinski definition) is 7. The second kappa shape index (κ2) is 9.77. The van der Waals surface area contributed by atoms with Gasteiger partial charge in [-0.2, -0.15) is 0 Å². The zero-order valence-corrected chi connectivity index (χ0v) is 20.9. The fraction of sp³-hybridized carbons (Fsp3) is 0.444. The molecule has 2 aliphatic heterocycles. The minimum absolute atomic E-state index is 0.249. The lowest BCUT2D eigenvalue weighted by atomic mass is 9.89. The maximum Gasteiger partial charge on any atom is 0.229 e. The molecule has 2 aliphatic rings. The van der Waals surface area contributed by atoms with Crippen LogP contribution in [0.2, 0.25) is 0 Å². The van der Waals surface area contributed by atoms with Gasteiger partial charge in [0.05, 0.1) is 18.4 Å². The molecule has 0 atom stereocenters. The molecule has 0 aliphatic carbocycles. The van der Waals surface area contributed by atoms with Gasteiger partial charge in [-0.3, -0.25) is 0 Å². The van der Waals surface area contributed by atoms with Crippen LogP contribution in [0.3, 0.4) is 0 Å². The SMILES string of the molecule is Cc1nc(Nc2ncc(F)c(-c3ccc4c(c3)N(C(C)C)CCO4)n2)ccc1C1CCN(C)CC1. The van der Waals surface area contributed by atoms with E-state index in [0.717, 1.165) is 49.6 Å². The van der Waals surface area contributed by atoms with Gasteiger partial charge in [0.25, 0.3) is 0 Å². The fourth-order valence-corrected chi connectivity index (χ4v) is 5.06. The van der Waals surface area contributed by atoms with E-state index < -0.39 is 5.82 Å². The van der Waals surface area contributed by atoms with Gasteiger partial charge in [-0.1, -0.05) is 6.07 Å². The Bertz CT molecular complexity index is 1210. The summed E-state index contributed by atoms with van der Waals surface area (Å²) in [7, 11) is 2.17. The lowest BCUT2D eigenvalue weighted by Crippen LogP contribution is -2.37. The largest absolute Gasteiger partial charge is 0.490 e. The van der Waals surface area contributed by atoms with Crippen molar-refractivity contribution in [1.29, 1.82) is 0 Å². The van der Waals surface area contributed by atoms with Gasteiger partial charge in [-0.25, -0.2) is 19.3 Å². The zero-order valence-electron chi connectivity index (χ0n) is 20.9. The molecule has 1 saturated heterocycles. The molecule has 0 unspecified atom stereocenters. The maximum atomic E-state index is 14.8. The van der Waals surface area contributed by atoms with E-state index in [0.29, 0.717) is 35.9 Å². The molecule has 35 heavy (non-hydrogen) atoms. The fourth-order valence-electron chi connectivity index (χ4n) is 5.06. The van der Waals surface area contributed by atoms with Crippen LogP contribution in [-0.4, -0.2) is 59.2 Å². The number of nitrogens with zero attached hydrogens (tertiary/aromatic N) is 5. The summed E-state index contributed by atoms with van der Waals surface area (Å²) in [5.41, 5.74) is 4.20. The lowest BCUT2D eigenvalue weighted by Gasteiger charge is -2.34. The van der Waals surface area contributed by atoms with Crippen LogP contribution in [0.15, 0.2) is 36.5 Å². The number of likely N-dealkylation sites (tertiary alicyclic amines) is 1. The third kappa shape index (κ3) is 4.93. The highest BCUT2D eigenvalue weighted by molar-refractivity contribution is 5.72. The van der Waals surface area contributed by atoms with Crippen LogP contribution in [0.5, 0.6) is 5.75 Å². The van der Waals surface area contributed by atoms with Crippen molar-refractivity contribution >= 4 is 17.5 Å². The molecule has 5 rings (SSSR count). The number of ether oxygens (including phenoxy) is 1. The van der Waals surface area contributed by atoms with Crippen molar-refractivity contribution in [2.45, 2.75) is 45.6 Å². The van der Waals surface area contributed by atoms with E-state index in [1.165, 1.54) is 11.8 Å². The van der Waals surface area contributed by atoms with Gasteiger partial charge in [0.1, 0.15) is 23.9 Å². The third-order valence-corrected chi connectivity index (χ3v) is 7.02. The minimum atomic E-state index is -0.468. The number of aromatic nitrogens is 3. The van der Waals surface area contributed by atoms with E-state index in [1.807, 2.05) is 31.2 Å². The van der Waals surface area contributed by atoms with Crippen molar-refractivity contribution in [3.8, 4) is 17.0 Å². The Kier molecular flexibility index (Phi) is 6.56. The number of rotatable bonds is 5. The second-order valence-electron chi connectivity index (χ2n) is 9.78. The number of halogens is 1. The van der Waals surface area contributed by atoms with Crippen molar-refractivity contribution in [3.63, 3.8) is 0 Å². The van der Waals surface area contributed by atoms with Crippen molar-refractivity contribution < 1.29 is 9.13 Å². The molecule has 3 aromatic rings. The first-order valence-electron chi connectivity index (χ1n) is 12.4. The highest BCUT2D eigenvalue weighted by Gasteiger charge is 2.23.